The normalized spacial score (nSPS) is 14.8. The molecule has 1 N–H and O–H groups in total. The highest BCUT2D eigenvalue weighted by atomic mass is 32.2. The van der Waals surface area contributed by atoms with Crippen molar-refractivity contribution >= 4 is 23.7 Å². The Labute approximate surface area is 186 Å². The van der Waals surface area contributed by atoms with Crippen LogP contribution in [0.15, 0.2) is 33.9 Å². The van der Waals surface area contributed by atoms with E-state index in [-0.39, 0.29) is 23.1 Å². The molecule has 31 heavy (non-hydrogen) atoms. The van der Waals surface area contributed by atoms with E-state index in [2.05, 4.69) is 75.3 Å². The van der Waals surface area contributed by atoms with Gasteiger partial charge in [-0.3, -0.25) is 14.7 Å². The third-order valence-corrected chi connectivity index (χ3v) is 6.41. The minimum Gasteiger partial charge on any atom is -0.315 e. The van der Waals surface area contributed by atoms with Crippen LogP contribution in [0, 0.1) is 6.92 Å². The zero-order valence-corrected chi connectivity index (χ0v) is 19.2. The number of nitrogens with one attached hydrogen (secondary N) is 1. The molecule has 1 amide bonds. The van der Waals surface area contributed by atoms with Gasteiger partial charge in [0.05, 0.1) is 5.75 Å². The number of thioether (sulfide) groups is 1. The number of carbonyl (C=O) groups excluding carboxylic acids is 1. The van der Waals surface area contributed by atoms with Crippen LogP contribution in [-0.4, -0.2) is 36.6 Å². The Hall–Kier alpha value is -2.68. The van der Waals surface area contributed by atoms with E-state index >= 15 is 0 Å². The summed E-state index contributed by atoms with van der Waals surface area (Å²) in [5.41, 5.74) is 2.43. The SMILES string of the molecule is Cc1noc(NC(=O)CSc2nnc(-c3ccc(C(C)(C)C)cc3)n2C2CCCC2)n1. The van der Waals surface area contributed by atoms with Crippen LogP contribution in [0.1, 0.15) is 63.9 Å². The second-order valence-corrected chi connectivity index (χ2v) is 9.87. The highest BCUT2D eigenvalue weighted by Gasteiger charge is 2.26. The van der Waals surface area contributed by atoms with Crippen LogP contribution in [0.25, 0.3) is 11.4 Å². The number of aromatic nitrogens is 5. The molecule has 0 bridgehead atoms. The van der Waals surface area contributed by atoms with Crippen LogP contribution >= 0.6 is 11.8 Å². The average Bonchev–Trinajstić information content (AvgIpc) is 3.46. The molecule has 3 aromatic rings. The topological polar surface area (TPSA) is 98.7 Å². The zero-order valence-electron chi connectivity index (χ0n) is 18.4. The first-order valence-corrected chi connectivity index (χ1v) is 11.6. The van der Waals surface area contributed by atoms with Gasteiger partial charge in [-0.25, -0.2) is 0 Å². The molecule has 0 radical (unpaired) electrons. The van der Waals surface area contributed by atoms with Gasteiger partial charge < -0.3 is 4.52 Å². The summed E-state index contributed by atoms with van der Waals surface area (Å²) in [5.74, 6) is 1.31. The molecule has 2 aromatic heterocycles. The molecule has 0 atom stereocenters. The third-order valence-electron chi connectivity index (χ3n) is 5.47. The summed E-state index contributed by atoms with van der Waals surface area (Å²) in [5, 5.41) is 16.0. The van der Waals surface area contributed by atoms with Gasteiger partial charge in [0.15, 0.2) is 16.8 Å². The first-order chi connectivity index (χ1) is 14.8. The van der Waals surface area contributed by atoms with Crippen LogP contribution in [0.3, 0.4) is 0 Å². The van der Waals surface area contributed by atoms with Crippen LogP contribution in [0.2, 0.25) is 0 Å². The highest BCUT2D eigenvalue weighted by molar-refractivity contribution is 7.99. The van der Waals surface area contributed by atoms with Crippen LogP contribution in [0.4, 0.5) is 6.01 Å². The van der Waals surface area contributed by atoms with Crippen molar-refractivity contribution in [2.45, 2.75) is 70.0 Å². The first kappa shape index (κ1) is 21.5. The molecule has 0 spiro atoms. The maximum absolute atomic E-state index is 12.3. The highest BCUT2D eigenvalue weighted by Crippen LogP contribution is 2.37. The molecule has 1 aliphatic carbocycles. The fourth-order valence-electron chi connectivity index (χ4n) is 3.82. The van der Waals surface area contributed by atoms with E-state index in [1.807, 2.05) is 0 Å². The average molecular weight is 441 g/mol. The van der Waals surface area contributed by atoms with Crippen molar-refractivity contribution in [3.05, 3.63) is 35.7 Å². The number of rotatable bonds is 6. The van der Waals surface area contributed by atoms with E-state index < -0.39 is 0 Å². The molecule has 2 heterocycles. The van der Waals surface area contributed by atoms with Crippen molar-refractivity contribution in [3.63, 3.8) is 0 Å². The zero-order chi connectivity index (χ0) is 22.0. The van der Waals surface area contributed by atoms with Crippen molar-refractivity contribution < 1.29 is 9.32 Å². The Bertz CT molecular complexity index is 1040. The van der Waals surface area contributed by atoms with Crippen molar-refractivity contribution in [1.82, 2.24) is 24.9 Å². The summed E-state index contributed by atoms with van der Waals surface area (Å²) in [6.45, 7) is 8.32. The minimum absolute atomic E-state index is 0.100. The third kappa shape index (κ3) is 4.98. The summed E-state index contributed by atoms with van der Waals surface area (Å²) >= 11 is 1.38. The van der Waals surface area contributed by atoms with Gasteiger partial charge in [-0.15, -0.1) is 10.2 Å². The van der Waals surface area contributed by atoms with Crippen molar-refractivity contribution in [2.24, 2.45) is 0 Å². The number of hydrogen-bond acceptors (Lipinski definition) is 7. The number of nitrogens with zero attached hydrogens (tertiary/aromatic N) is 5. The Morgan fingerprint density at radius 3 is 2.52 bits per heavy atom. The smallest absolute Gasteiger partial charge is 0.315 e. The Kier molecular flexibility index (Phi) is 6.13. The van der Waals surface area contributed by atoms with Gasteiger partial charge in [-0.2, -0.15) is 4.98 Å². The van der Waals surface area contributed by atoms with Crippen LogP contribution in [0.5, 0.6) is 0 Å². The van der Waals surface area contributed by atoms with Gasteiger partial charge in [0.1, 0.15) is 0 Å². The monoisotopic (exact) mass is 440 g/mol. The molecular weight excluding hydrogens is 412 g/mol. The van der Waals surface area contributed by atoms with E-state index in [0.717, 1.165) is 29.4 Å². The Morgan fingerprint density at radius 2 is 1.90 bits per heavy atom. The molecule has 8 nitrogen and oxygen atoms in total. The Morgan fingerprint density at radius 1 is 1.19 bits per heavy atom. The molecule has 1 fully saturated rings. The molecular formula is C22H28N6O2S. The lowest BCUT2D eigenvalue weighted by molar-refractivity contribution is -0.114. The quantitative estimate of drug-likeness (QED) is 0.551. The lowest BCUT2D eigenvalue weighted by atomic mass is 9.86. The fourth-order valence-corrected chi connectivity index (χ4v) is 4.62. The van der Waals surface area contributed by atoms with Gasteiger partial charge in [-0.05, 0) is 30.7 Å². The number of benzene rings is 1. The summed E-state index contributed by atoms with van der Waals surface area (Å²) < 4.78 is 7.17. The molecule has 0 aliphatic heterocycles. The van der Waals surface area contributed by atoms with Gasteiger partial charge >= 0.3 is 6.01 Å². The minimum atomic E-state index is -0.217. The predicted molar refractivity (Wildman–Crippen MR) is 120 cm³/mol. The fraction of sp³-hybridized carbons (Fsp3) is 0.500. The molecule has 164 valence electrons. The van der Waals surface area contributed by atoms with Crippen molar-refractivity contribution in [1.29, 1.82) is 0 Å². The summed E-state index contributed by atoms with van der Waals surface area (Å²) in [6, 6.07) is 9.03. The predicted octanol–water partition coefficient (Wildman–Crippen LogP) is 4.78. The summed E-state index contributed by atoms with van der Waals surface area (Å²) in [6.07, 6.45) is 4.61. The molecule has 1 aromatic carbocycles. The molecule has 4 rings (SSSR count). The molecule has 9 heteroatoms. The lowest BCUT2D eigenvalue weighted by Crippen LogP contribution is -2.15. The maximum atomic E-state index is 12.3. The summed E-state index contributed by atoms with van der Waals surface area (Å²) in [4.78, 5) is 16.3. The molecule has 1 saturated carbocycles. The first-order valence-electron chi connectivity index (χ1n) is 10.6. The number of hydrogen-bond donors (Lipinski definition) is 1. The van der Waals surface area contributed by atoms with E-state index in [1.165, 1.54) is 30.2 Å². The number of anilines is 1. The van der Waals surface area contributed by atoms with Gasteiger partial charge in [0, 0.05) is 11.6 Å². The van der Waals surface area contributed by atoms with E-state index in [9.17, 15) is 4.79 Å². The van der Waals surface area contributed by atoms with Crippen molar-refractivity contribution in [2.75, 3.05) is 11.1 Å². The van der Waals surface area contributed by atoms with Gasteiger partial charge in [-0.1, -0.05) is 74.8 Å². The van der Waals surface area contributed by atoms with Gasteiger partial charge in [0.25, 0.3) is 0 Å². The maximum Gasteiger partial charge on any atom is 0.328 e. The van der Waals surface area contributed by atoms with E-state index in [1.54, 1.807) is 6.92 Å². The number of carbonyl (C=O) groups is 1. The Balaban J connectivity index is 1.54. The second kappa shape index (κ2) is 8.82. The standard InChI is InChI=1S/C22H28N6O2S/c1-14-23-20(30-27-14)24-18(29)13-31-21-26-25-19(28(21)17-7-5-6-8-17)15-9-11-16(12-10-15)22(2,3)4/h9-12,17H,5-8,13H2,1-4H3,(H,23,24,27,29). The molecule has 0 saturated heterocycles. The van der Waals surface area contributed by atoms with Crippen LogP contribution < -0.4 is 5.32 Å². The van der Waals surface area contributed by atoms with Gasteiger partial charge in [0.2, 0.25) is 5.91 Å². The van der Waals surface area contributed by atoms with E-state index in [0.29, 0.717) is 11.9 Å². The molecule has 0 unspecified atom stereocenters. The van der Waals surface area contributed by atoms with E-state index in [4.69, 9.17) is 4.52 Å². The lowest BCUT2D eigenvalue weighted by Gasteiger charge is -2.20. The summed E-state index contributed by atoms with van der Waals surface area (Å²) in [7, 11) is 0. The number of aryl methyl sites for hydroxylation is 1. The van der Waals surface area contributed by atoms with Crippen LogP contribution in [-0.2, 0) is 10.2 Å². The molecule has 1 aliphatic rings. The second-order valence-electron chi connectivity index (χ2n) is 8.93. The van der Waals surface area contributed by atoms with Crippen molar-refractivity contribution in [3.8, 4) is 11.4 Å². The largest absolute Gasteiger partial charge is 0.328 e. The number of amides is 1.